The summed E-state index contributed by atoms with van der Waals surface area (Å²) in [5.74, 6) is 1.13. The molecule has 0 aliphatic rings. The molecule has 1 N–H and O–H groups in total. The minimum absolute atomic E-state index is 0.0287. The molecule has 0 spiro atoms. The summed E-state index contributed by atoms with van der Waals surface area (Å²) in [6.45, 7) is 10.0. The summed E-state index contributed by atoms with van der Waals surface area (Å²) in [5, 5.41) is 7.27. The normalized spacial score (nSPS) is 12.8. The van der Waals surface area contributed by atoms with Crippen LogP contribution in [-0.2, 0) is 6.54 Å². The quantitative estimate of drug-likeness (QED) is 0.826. The highest BCUT2D eigenvalue weighted by molar-refractivity contribution is 5.38. The largest absolute Gasteiger partial charge is 0.384 e. The first-order valence-corrected chi connectivity index (χ1v) is 6.34. The Morgan fingerprint density at radius 2 is 2.12 bits per heavy atom. The fraction of sp³-hybridized carbons (Fsp3) is 0.692. The molecule has 0 fully saturated rings. The summed E-state index contributed by atoms with van der Waals surface area (Å²) >= 11 is 0. The zero-order chi connectivity index (χ0) is 12.8. The molecule has 1 rings (SSSR count). The third-order valence-electron chi connectivity index (χ3n) is 2.61. The molecule has 17 heavy (non-hydrogen) atoms. The molecule has 1 heterocycles. The Morgan fingerprint density at radius 1 is 1.41 bits per heavy atom. The first-order chi connectivity index (χ1) is 8.02. The van der Waals surface area contributed by atoms with Crippen LogP contribution in [0.3, 0.4) is 0 Å². The monoisotopic (exact) mass is 237 g/mol. The van der Waals surface area contributed by atoms with E-state index < -0.39 is 0 Å². The van der Waals surface area contributed by atoms with E-state index >= 15 is 0 Å². The van der Waals surface area contributed by atoms with Crippen molar-refractivity contribution >= 4 is 5.69 Å². The third-order valence-corrected chi connectivity index (χ3v) is 2.61. The SMILES string of the molecule is CCNc1cnn(CC(C)CC(C)C)c(=O)c1. The Labute approximate surface area is 103 Å². The molecule has 1 aromatic rings. The second-order valence-corrected chi connectivity index (χ2v) is 5.03. The van der Waals surface area contributed by atoms with E-state index in [-0.39, 0.29) is 5.56 Å². The highest BCUT2D eigenvalue weighted by Crippen LogP contribution is 2.12. The summed E-state index contributed by atoms with van der Waals surface area (Å²) in [5.41, 5.74) is 0.768. The first kappa shape index (κ1) is 13.7. The van der Waals surface area contributed by atoms with Crippen molar-refractivity contribution in [1.29, 1.82) is 0 Å². The van der Waals surface area contributed by atoms with E-state index in [0.717, 1.165) is 18.7 Å². The lowest BCUT2D eigenvalue weighted by molar-refractivity contribution is 0.365. The van der Waals surface area contributed by atoms with Gasteiger partial charge in [0.2, 0.25) is 0 Å². The molecular formula is C13H23N3O. The fourth-order valence-corrected chi connectivity index (χ4v) is 2.05. The molecule has 0 aliphatic carbocycles. The number of hydrogen-bond donors (Lipinski definition) is 1. The van der Waals surface area contributed by atoms with Crippen molar-refractivity contribution in [3.05, 3.63) is 22.6 Å². The molecule has 4 nitrogen and oxygen atoms in total. The molecule has 0 saturated heterocycles. The number of hydrogen-bond acceptors (Lipinski definition) is 3. The van der Waals surface area contributed by atoms with Crippen LogP contribution >= 0.6 is 0 Å². The molecule has 0 bridgehead atoms. The number of rotatable bonds is 6. The van der Waals surface area contributed by atoms with E-state index in [0.29, 0.717) is 18.4 Å². The van der Waals surface area contributed by atoms with E-state index in [9.17, 15) is 4.79 Å². The fourth-order valence-electron chi connectivity index (χ4n) is 2.05. The van der Waals surface area contributed by atoms with Crippen LogP contribution in [0, 0.1) is 11.8 Å². The van der Waals surface area contributed by atoms with Gasteiger partial charge in [0.25, 0.3) is 5.56 Å². The van der Waals surface area contributed by atoms with Crippen molar-refractivity contribution in [2.45, 2.75) is 40.7 Å². The minimum Gasteiger partial charge on any atom is -0.384 e. The van der Waals surface area contributed by atoms with Crippen LogP contribution < -0.4 is 10.9 Å². The smallest absolute Gasteiger partial charge is 0.268 e. The van der Waals surface area contributed by atoms with Crippen LogP contribution in [0.5, 0.6) is 0 Å². The maximum atomic E-state index is 11.8. The molecule has 4 heteroatoms. The van der Waals surface area contributed by atoms with E-state index in [4.69, 9.17) is 0 Å². The van der Waals surface area contributed by atoms with Crippen molar-refractivity contribution in [2.24, 2.45) is 11.8 Å². The van der Waals surface area contributed by atoms with Gasteiger partial charge >= 0.3 is 0 Å². The van der Waals surface area contributed by atoms with Gasteiger partial charge in [0.05, 0.1) is 11.9 Å². The standard InChI is InChI=1S/C13H23N3O/c1-5-14-12-7-13(17)16(15-8-12)9-11(4)6-10(2)3/h7-8,10-11,14H,5-6,9H2,1-4H3. The summed E-state index contributed by atoms with van der Waals surface area (Å²) in [4.78, 5) is 11.8. The summed E-state index contributed by atoms with van der Waals surface area (Å²) in [6.07, 6.45) is 2.83. The number of anilines is 1. The lowest BCUT2D eigenvalue weighted by Crippen LogP contribution is -2.25. The maximum absolute atomic E-state index is 11.8. The minimum atomic E-state index is -0.0287. The van der Waals surface area contributed by atoms with Crippen LogP contribution in [0.25, 0.3) is 0 Å². The van der Waals surface area contributed by atoms with E-state index in [1.54, 1.807) is 16.9 Å². The zero-order valence-electron chi connectivity index (χ0n) is 11.2. The van der Waals surface area contributed by atoms with E-state index in [1.165, 1.54) is 0 Å². The molecule has 1 atom stereocenters. The summed E-state index contributed by atoms with van der Waals surface area (Å²) in [6, 6.07) is 1.61. The van der Waals surface area contributed by atoms with Gasteiger partial charge in [-0.3, -0.25) is 4.79 Å². The van der Waals surface area contributed by atoms with Crippen LogP contribution in [0.2, 0.25) is 0 Å². The molecule has 0 saturated carbocycles. The predicted molar refractivity (Wildman–Crippen MR) is 71.3 cm³/mol. The van der Waals surface area contributed by atoms with Gasteiger partial charge in [0.1, 0.15) is 0 Å². The van der Waals surface area contributed by atoms with Gasteiger partial charge in [0, 0.05) is 19.2 Å². The molecule has 0 amide bonds. The van der Waals surface area contributed by atoms with Crippen molar-refractivity contribution in [1.82, 2.24) is 9.78 Å². The molecule has 0 aliphatic heterocycles. The van der Waals surface area contributed by atoms with Gasteiger partial charge in [-0.05, 0) is 25.2 Å². The Kier molecular flexibility index (Phi) is 5.19. The molecule has 1 aromatic heterocycles. The molecule has 0 radical (unpaired) electrons. The Hall–Kier alpha value is -1.32. The third kappa shape index (κ3) is 4.59. The van der Waals surface area contributed by atoms with Crippen LogP contribution in [-0.4, -0.2) is 16.3 Å². The van der Waals surface area contributed by atoms with Gasteiger partial charge in [0.15, 0.2) is 0 Å². The second-order valence-electron chi connectivity index (χ2n) is 5.03. The number of nitrogens with zero attached hydrogens (tertiary/aromatic N) is 2. The molecule has 96 valence electrons. The van der Waals surface area contributed by atoms with Crippen LogP contribution in [0.4, 0.5) is 5.69 Å². The van der Waals surface area contributed by atoms with Gasteiger partial charge in [-0.1, -0.05) is 20.8 Å². The Balaban J connectivity index is 2.69. The Bertz CT molecular complexity index is 398. The van der Waals surface area contributed by atoms with Crippen molar-refractivity contribution in [3.63, 3.8) is 0 Å². The van der Waals surface area contributed by atoms with Crippen molar-refractivity contribution in [3.8, 4) is 0 Å². The highest BCUT2D eigenvalue weighted by atomic mass is 16.1. The van der Waals surface area contributed by atoms with Crippen LogP contribution in [0.15, 0.2) is 17.1 Å². The average Bonchev–Trinajstić information content (AvgIpc) is 2.21. The predicted octanol–water partition coefficient (Wildman–Crippen LogP) is 2.36. The van der Waals surface area contributed by atoms with Gasteiger partial charge in [-0.2, -0.15) is 5.10 Å². The zero-order valence-corrected chi connectivity index (χ0v) is 11.2. The topological polar surface area (TPSA) is 46.9 Å². The highest BCUT2D eigenvalue weighted by Gasteiger charge is 2.08. The summed E-state index contributed by atoms with van der Waals surface area (Å²) in [7, 11) is 0. The molecular weight excluding hydrogens is 214 g/mol. The van der Waals surface area contributed by atoms with Gasteiger partial charge in [-0.15, -0.1) is 0 Å². The molecule has 1 unspecified atom stereocenters. The summed E-state index contributed by atoms with van der Waals surface area (Å²) < 4.78 is 1.55. The van der Waals surface area contributed by atoms with Crippen molar-refractivity contribution < 1.29 is 0 Å². The van der Waals surface area contributed by atoms with E-state index in [1.807, 2.05) is 6.92 Å². The average molecular weight is 237 g/mol. The first-order valence-electron chi connectivity index (χ1n) is 6.34. The number of aromatic nitrogens is 2. The number of nitrogens with one attached hydrogen (secondary N) is 1. The lowest BCUT2D eigenvalue weighted by atomic mass is 9.99. The van der Waals surface area contributed by atoms with Gasteiger partial charge in [-0.25, -0.2) is 4.68 Å². The van der Waals surface area contributed by atoms with Gasteiger partial charge < -0.3 is 5.32 Å². The lowest BCUT2D eigenvalue weighted by Gasteiger charge is -2.14. The molecule has 0 aromatic carbocycles. The maximum Gasteiger partial charge on any atom is 0.268 e. The van der Waals surface area contributed by atoms with Crippen molar-refractivity contribution in [2.75, 3.05) is 11.9 Å². The Morgan fingerprint density at radius 3 is 2.65 bits per heavy atom. The van der Waals surface area contributed by atoms with E-state index in [2.05, 4.69) is 31.2 Å². The second kappa shape index (κ2) is 6.42. The van der Waals surface area contributed by atoms with Crippen LogP contribution in [0.1, 0.15) is 34.1 Å².